The fourth-order valence-electron chi connectivity index (χ4n) is 3.13. The number of hydrogen-bond acceptors (Lipinski definition) is 8. The van der Waals surface area contributed by atoms with E-state index >= 15 is 0 Å². The monoisotopic (exact) mass is 435 g/mol. The van der Waals surface area contributed by atoms with Crippen LogP contribution in [0.15, 0.2) is 62.5 Å². The molecule has 0 unspecified atom stereocenters. The van der Waals surface area contributed by atoms with Crippen molar-refractivity contribution < 1.29 is 18.2 Å². The minimum atomic E-state index is -0.529. The summed E-state index contributed by atoms with van der Waals surface area (Å²) in [5.74, 6) is 0.115. The van der Waals surface area contributed by atoms with Crippen LogP contribution in [0.5, 0.6) is 0 Å². The van der Waals surface area contributed by atoms with Crippen molar-refractivity contribution in [1.29, 1.82) is 0 Å². The van der Waals surface area contributed by atoms with Gasteiger partial charge in [0.2, 0.25) is 11.7 Å². The summed E-state index contributed by atoms with van der Waals surface area (Å²) in [6, 6.07) is 10.6. The maximum absolute atomic E-state index is 13.5. The second-order valence-electron chi connectivity index (χ2n) is 6.86. The lowest BCUT2D eigenvalue weighted by molar-refractivity contribution is -0.117. The van der Waals surface area contributed by atoms with Gasteiger partial charge in [0.25, 0.3) is 5.89 Å². The van der Waals surface area contributed by atoms with Crippen molar-refractivity contribution in [3.63, 3.8) is 0 Å². The lowest BCUT2D eigenvalue weighted by Crippen LogP contribution is -2.28. The Labute approximate surface area is 178 Å². The molecule has 11 nitrogen and oxygen atoms in total. The summed E-state index contributed by atoms with van der Waals surface area (Å²) in [6.45, 7) is 1.35. The topological polar surface area (TPSA) is 133 Å². The number of carbonyl (C=O) groups excluding carboxylic acids is 1. The largest absolute Gasteiger partial charge is 0.360 e. The maximum atomic E-state index is 13.5. The lowest BCUT2D eigenvalue weighted by Gasteiger charge is -1.99. The zero-order chi connectivity index (χ0) is 22.2. The van der Waals surface area contributed by atoms with Crippen molar-refractivity contribution >= 4 is 17.4 Å². The number of aromatic nitrogens is 6. The highest BCUT2D eigenvalue weighted by Crippen LogP contribution is 2.24. The maximum Gasteiger partial charge on any atom is 0.350 e. The van der Waals surface area contributed by atoms with Crippen LogP contribution in [0.25, 0.3) is 28.5 Å². The van der Waals surface area contributed by atoms with E-state index in [1.165, 1.54) is 28.8 Å². The van der Waals surface area contributed by atoms with Crippen LogP contribution in [0, 0.1) is 12.7 Å². The van der Waals surface area contributed by atoms with Crippen LogP contribution in [0.2, 0.25) is 0 Å². The fourth-order valence-corrected chi connectivity index (χ4v) is 3.13. The molecule has 0 aliphatic heterocycles. The number of anilines is 1. The molecule has 0 spiro atoms. The molecule has 12 heteroatoms. The third-order valence-corrected chi connectivity index (χ3v) is 4.54. The first-order valence-corrected chi connectivity index (χ1v) is 9.39. The minimum absolute atomic E-state index is 0.0922. The molecule has 0 radical (unpaired) electrons. The average molecular weight is 435 g/mol. The van der Waals surface area contributed by atoms with Gasteiger partial charge in [-0.15, -0.1) is 5.10 Å². The van der Waals surface area contributed by atoms with Gasteiger partial charge in [-0.3, -0.25) is 4.79 Å². The molecule has 0 atom stereocenters. The number of nitrogens with one attached hydrogen (secondary N) is 1. The Morgan fingerprint density at radius 1 is 1.16 bits per heavy atom. The van der Waals surface area contributed by atoms with Crippen LogP contribution in [-0.4, -0.2) is 35.4 Å². The van der Waals surface area contributed by atoms with Crippen molar-refractivity contribution in [2.75, 3.05) is 5.32 Å². The van der Waals surface area contributed by atoms with Gasteiger partial charge in [-0.25, -0.2) is 18.3 Å². The van der Waals surface area contributed by atoms with E-state index in [2.05, 4.69) is 25.7 Å². The van der Waals surface area contributed by atoms with E-state index in [1.54, 1.807) is 31.2 Å². The number of pyridine rings is 1. The molecule has 4 aromatic heterocycles. The van der Waals surface area contributed by atoms with E-state index < -0.39 is 17.4 Å². The Kier molecular flexibility index (Phi) is 4.58. The predicted molar refractivity (Wildman–Crippen MR) is 108 cm³/mol. The van der Waals surface area contributed by atoms with Crippen molar-refractivity contribution in [3.05, 3.63) is 70.7 Å². The molecule has 160 valence electrons. The summed E-state index contributed by atoms with van der Waals surface area (Å²) in [4.78, 5) is 29.3. The quantitative estimate of drug-likeness (QED) is 0.445. The Morgan fingerprint density at radius 3 is 2.81 bits per heavy atom. The van der Waals surface area contributed by atoms with Crippen molar-refractivity contribution in [3.8, 4) is 22.8 Å². The standard InChI is InChI=1S/C20H14FN7O4/c1-11-8-15(25-31-11)22-16(29)10-28-20(30)27-7-3-6-14(18(27)24-28)19-23-17(26-32-19)12-4-2-5-13(21)9-12/h2-9H,10H2,1H3,(H,22,25,29). The summed E-state index contributed by atoms with van der Waals surface area (Å²) < 4.78 is 26.0. The first kappa shape index (κ1) is 19.4. The number of amides is 1. The normalized spacial score (nSPS) is 11.2. The summed E-state index contributed by atoms with van der Waals surface area (Å²) in [5.41, 5.74) is 0.510. The zero-order valence-electron chi connectivity index (χ0n) is 16.5. The third kappa shape index (κ3) is 3.53. The molecule has 5 rings (SSSR count). The molecular formula is C20H14FN7O4. The van der Waals surface area contributed by atoms with Crippen LogP contribution >= 0.6 is 0 Å². The SMILES string of the molecule is Cc1cc(NC(=O)Cn2nc3c(-c4nc(-c5cccc(F)c5)no4)cccn3c2=O)no1. The Hall–Kier alpha value is -4.61. The van der Waals surface area contributed by atoms with Crippen LogP contribution in [0.4, 0.5) is 10.2 Å². The average Bonchev–Trinajstić information content (AvgIpc) is 3.48. The number of aryl methyl sites for hydroxylation is 1. The van der Waals surface area contributed by atoms with Crippen LogP contribution in [0.3, 0.4) is 0 Å². The number of fused-ring (bicyclic) bond motifs is 1. The Morgan fingerprint density at radius 2 is 2.03 bits per heavy atom. The molecule has 0 saturated heterocycles. The lowest BCUT2D eigenvalue weighted by atomic mass is 10.2. The molecule has 1 amide bonds. The molecule has 0 saturated carbocycles. The van der Waals surface area contributed by atoms with Crippen molar-refractivity contribution in [2.45, 2.75) is 13.5 Å². The van der Waals surface area contributed by atoms with Crippen molar-refractivity contribution in [2.24, 2.45) is 0 Å². The second-order valence-corrected chi connectivity index (χ2v) is 6.86. The van der Waals surface area contributed by atoms with Gasteiger partial charge in [-0.1, -0.05) is 22.4 Å². The molecule has 32 heavy (non-hydrogen) atoms. The molecular weight excluding hydrogens is 421 g/mol. The highest BCUT2D eigenvalue weighted by Gasteiger charge is 2.19. The first-order valence-electron chi connectivity index (χ1n) is 9.39. The number of nitrogens with zero attached hydrogens (tertiary/aromatic N) is 6. The van der Waals surface area contributed by atoms with Gasteiger partial charge < -0.3 is 14.4 Å². The molecule has 5 aromatic rings. The van der Waals surface area contributed by atoms with E-state index in [0.29, 0.717) is 16.9 Å². The molecule has 1 N–H and O–H groups in total. The highest BCUT2D eigenvalue weighted by atomic mass is 19.1. The van der Waals surface area contributed by atoms with Gasteiger partial charge in [0.05, 0.1) is 5.56 Å². The Bertz CT molecular complexity index is 1510. The minimum Gasteiger partial charge on any atom is -0.360 e. The summed E-state index contributed by atoms with van der Waals surface area (Å²) in [7, 11) is 0. The Balaban J connectivity index is 1.47. The van der Waals surface area contributed by atoms with E-state index in [9.17, 15) is 14.0 Å². The van der Waals surface area contributed by atoms with Crippen molar-refractivity contribution in [1.82, 2.24) is 29.5 Å². The second kappa shape index (κ2) is 7.58. The van der Waals surface area contributed by atoms with Gasteiger partial charge in [0, 0.05) is 17.8 Å². The van der Waals surface area contributed by atoms with Crippen LogP contribution in [-0.2, 0) is 11.3 Å². The molecule has 0 fully saturated rings. The first-order chi connectivity index (χ1) is 15.5. The van der Waals surface area contributed by atoms with Gasteiger partial charge in [0.15, 0.2) is 11.5 Å². The summed E-state index contributed by atoms with van der Waals surface area (Å²) in [6.07, 6.45) is 1.51. The van der Waals surface area contributed by atoms with Crippen LogP contribution in [0.1, 0.15) is 5.76 Å². The summed E-state index contributed by atoms with van der Waals surface area (Å²) in [5, 5.41) is 14.3. The number of hydrogen-bond donors (Lipinski definition) is 1. The molecule has 1 aromatic carbocycles. The van der Waals surface area contributed by atoms with Crippen LogP contribution < -0.4 is 11.0 Å². The van der Waals surface area contributed by atoms with E-state index in [0.717, 1.165) is 4.68 Å². The highest BCUT2D eigenvalue weighted by molar-refractivity contribution is 5.89. The predicted octanol–water partition coefficient (Wildman–Crippen LogP) is 2.29. The fraction of sp³-hybridized carbons (Fsp3) is 0.100. The molecule has 0 bridgehead atoms. The van der Waals surface area contributed by atoms with E-state index in [-0.39, 0.29) is 29.7 Å². The number of benzene rings is 1. The number of rotatable bonds is 5. The van der Waals surface area contributed by atoms with E-state index in [1.807, 2.05) is 0 Å². The number of halogens is 1. The molecule has 0 aliphatic rings. The van der Waals surface area contributed by atoms with Gasteiger partial charge in [-0.05, 0) is 31.2 Å². The number of carbonyl (C=O) groups is 1. The van der Waals surface area contributed by atoms with Gasteiger partial charge in [0.1, 0.15) is 18.1 Å². The molecule has 0 aliphatic carbocycles. The summed E-state index contributed by atoms with van der Waals surface area (Å²) >= 11 is 0. The van der Waals surface area contributed by atoms with E-state index in [4.69, 9.17) is 9.05 Å². The zero-order valence-corrected chi connectivity index (χ0v) is 16.5. The molecule has 4 heterocycles. The smallest absolute Gasteiger partial charge is 0.350 e. The third-order valence-electron chi connectivity index (χ3n) is 4.54. The van der Waals surface area contributed by atoms with Gasteiger partial charge in [-0.2, -0.15) is 4.98 Å². The van der Waals surface area contributed by atoms with Gasteiger partial charge >= 0.3 is 5.69 Å².